The van der Waals surface area contributed by atoms with E-state index in [0.717, 1.165) is 12.0 Å². The van der Waals surface area contributed by atoms with Gasteiger partial charge in [-0.15, -0.1) is 0 Å². The number of aromatic nitrogens is 1. The second kappa shape index (κ2) is 8.17. The first-order chi connectivity index (χ1) is 10.7. The maximum Gasteiger partial charge on any atom is 0.315 e. The van der Waals surface area contributed by atoms with Gasteiger partial charge in [-0.05, 0) is 42.5 Å². The van der Waals surface area contributed by atoms with E-state index >= 15 is 0 Å². The van der Waals surface area contributed by atoms with Crippen molar-refractivity contribution in [1.82, 2.24) is 15.6 Å². The van der Waals surface area contributed by atoms with Crippen LogP contribution in [0.2, 0.25) is 0 Å². The zero-order valence-corrected chi connectivity index (χ0v) is 13.1. The van der Waals surface area contributed by atoms with Gasteiger partial charge >= 0.3 is 6.03 Å². The summed E-state index contributed by atoms with van der Waals surface area (Å²) in [5.41, 5.74) is 2.35. The van der Waals surface area contributed by atoms with Gasteiger partial charge < -0.3 is 10.6 Å². The van der Waals surface area contributed by atoms with E-state index in [1.807, 2.05) is 37.3 Å². The quantitative estimate of drug-likeness (QED) is 0.855. The van der Waals surface area contributed by atoms with E-state index in [1.165, 1.54) is 5.56 Å². The molecule has 2 atom stereocenters. The van der Waals surface area contributed by atoms with E-state index in [4.69, 9.17) is 0 Å². The van der Waals surface area contributed by atoms with Gasteiger partial charge in [0.25, 0.3) is 0 Å². The lowest BCUT2D eigenvalue weighted by atomic mass is 9.98. The Hall–Kier alpha value is -2.36. The lowest BCUT2D eigenvalue weighted by molar-refractivity contribution is 0.237. The fourth-order valence-corrected chi connectivity index (χ4v) is 2.33. The number of pyridine rings is 1. The van der Waals surface area contributed by atoms with E-state index in [9.17, 15) is 4.79 Å². The number of carbonyl (C=O) groups is 1. The molecule has 22 heavy (non-hydrogen) atoms. The zero-order chi connectivity index (χ0) is 15.8. The fraction of sp³-hybridized carbons (Fsp3) is 0.333. The molecule has 2 rings (SSSR count). The molecule has 2 N–H and O–H groups in total. The summed E-state index contributed by atoms with van der Waals surface area (Å²) in [4.78, 5) is 15.9. The summed E-state index contributed by atoms with van der Waals surface area (Å²) in [6.07, 6.45) is 4.38. The van der Waals surface area contributed by atoms with Gasteiger partial charge in [-0.3, -0.25) is 4.98 Å². The van der Waals surface area contributed by atoms with Crippen LogP contribution in [-0.4, -0.2) is 17.6 Å². The number of urea groups is 1. The molecule has 2 aromatic rings. The molecule has 0 aliphatic rings. The van der Waals surface area contributed by atoms with Crippen molar-refractivity contribution < 1.29 is 4.79 Å². The van der Waals surface area contributed by atoms with Crippen LogP contribution in [0.4, 0.5) is 4.79 Å². The minimum atomic E-state index is -0.135. The Labute approximate surface area is 132 Å². The van der Waals surface area contributed by atoms with Crippen LogP contribution < -0.4 is 10.6 Å². The number of nitrogens with one attached hydrogen (secondary N) is 2. The highest BCUT2D eigenvalue weighted by Crippen LogP contribution is 2.17. The number of amides is 2. The van der Waals surface area contributed by atoms with Gasteiger partial charge in [0.2, 0.25) is 0 Å². The van der Waals surface area contributed by atoms with Crippen molar-refractivity contribution in [2.24, 2.45) is 0 Å². The number of carbonyl (C=O) groups excluding carboxylic acids is 1. The molecule has 0 saturated carbocycles. The molecule has 0 fully saturated rings. The van der Waals surface area contributed by atoms with Crippen molar-refractivity contribution in [1.29, 1.82) is 0 Å². The minimum Gasteiger partial charge on any atom is -0.338 e. The van der Waals surface area contributed by atoms with Gasteiger partial charge in [0.1, 0.15) is 0 Å². The third-order valence-corrected chi connectivity index (χ3v) is 3.79. The van der Waals surface area contributed by atoms with Crippen molar-refractivity contribution >= 4 is 6.03 Å². The van der Waals surface area contributed by atoms with Crippen LogP contribution in [0, 0.1) is 0 Å². The summed E-state index contributed by atoms with van der Waals surface area (Å²) in [7, 11) is 0. The van der Waals surface area contributed by atoms with Gasteiger partial charge in [0.05, 0.1) is 6.04 Å². The first-order valence-electron chi connectivity index (χ1n) is 7.66. The lowest BCUT2D eigenvalue weighted by Crippen LogP contribution is -2.37. The lowest BCUT2D eigenvalue weighted by Gasteiger charge is -2.16. The second-order valence-corrected chi connectivity index (χ2v) is 5.50. The van der Waals surface area contributed by atoms with E-state index in [2.05, 4.69) is 34.7 Å². The van der Waals surface area contributed by atoms with E-state index < -0.39 is 0 Å². The summed E-state index contributed by atoms with van der Waals surface area (Å²) >= 11 is 0. The number of hydrogen-bond donors (Lipinski definition) is 2. The molecule has 0 bridgehead atoms. The Morgan fingerprint density at radius 1 is 1.05 bits per heavy atom. The highest BCUT2D eigenvalue weighted by Gasteiger charge is 2.09. The molecule has 0 aliphatic heterocycles. The van der Waals surface area contributed by atoms with Crippen LogP contribution in [0.1, 0.15) is 43.4 Å². The summed E-state index contributed by atoms with van der Waals surface area (Å²) in [5, 5.41) is 5.85. The van der Waals surface area contributed by atoms with Crippen LogP contribution in [0.5, 0.6) is 0 Å². The van der Waals surface area contributed by atoms with Gasteiger partial charge in [0.15, 0.2) is 0 Å². The summed E-state index contributed by atoms with van der Waals surface area (Å²) in [6, 6.07) is 14.0. The SMILES string of the molecule is C[C@H](NC(=O)NCC[C@H](C)c1ccccc1)c1ccncc1. The van der Waals surface area contributed by atoms with Gasteiger partial charge in [-0.25, -0.2) is 4.79 Å². The smallest absolute Gasteiger partial charge is 0.315 e. The number of hydrogen-bond acceptors (Lipinski definition) is 2. The number of rotatable bonds is 6. The molecule has 0 radical (unpaired) electrons. The Morgan fingerprint density at radius 2 is 1.73 bits per heavy atom. The second-order valence-electron chi connectivity index (χ2n) is 5.50. The molecule has 0 unspecified atom stereocenters. The molecule has 0 saturated heterocycles. The number of nitrogens with zero attached hydrogens (tertiary/aromatic N) is 1. The highest BCUT2D eigenvalue weighted by molar-refractivity contribution is 5.74. The van der Waals surface area contributed by atoms with Crippen molar-refractivity contribution in [3.8, 4) is 0 Å². The van der Waals surface area contributed by atoms with Gasteiger partial charge in [-0.2, -0.15) is 0 Å². The molecule has 4 heteroatoms. The molecular formula is C18H23N3O. The van der Waals surface area contributed by atoms with Crippen LogP contribution in [0.3, 0.4) is 0 Å². The molecule has 116 valence electrons. The van der Waals surface area contributed by atoms with Crippen LogP contribution in [-0.2, 0) is 0 Å². The maximum absolute atomic E-state index is 11.9. The Bertz CT molecular complexity index is 571. The first kappa shape index (κ1) is 16.0. The van der Waals surface area contributed by atoms with E-state index in [1.54, 1.807) is 12.4 Å². The average Bonchev–Trinajstić information content (AvgIpc) is 2.56. The normalized spacial score (nSPS) is 13.2. The van der Waals surface area contributed by atoms with Crippen molar-refractivity contribution in [2.45, 2.75) is 32.2 Å². The molecule has 0 aliphatic carbocycles. The zero-order valence-electron chi connectivity index (χ0n) is 13.1. The summed E-state index contributed by atoms with van der Waals surface area (Å²) in [6.45, 7) is 4.79. The average molecular weight is 297 g/mol. The van der Waals surface area contributed by atoms with Crippen molar-refractivity contribution in [3.63, 3.8) is 0 Å². The Balaban J connectivity index is 1.72. The molecule has 1 heterocycles. The topological polar surface area (TPSA) is 54.0 Å². The molecular weight excluding hydrogens is 274 g/mol. The van der Waals surface area contributed by atoms with Gasteiger partial charge in [-0.1, -0.05) is 37.3 Å². The molecule has 2 amide bonds. The van der Waals surface area contributed by atoms with Crippen molar-refractivity contribution in [3.05, 3.63) is 66.0 Å². The largest absolute Gasteiger partial charge is 0.338 e. The van der Waals surface area contributed by atoms with Crippen molar-refractivity contribution in [2.75, 3.05) is 6.54 Å². The van der Waals surface area contributed by atoms with Crippen LogP contribution in [0.25, 0.3) is 0 Å². The Morgan fingerprint density at radius 3 is 2.41 bits per heavy atom. The summed E-state index contributed by atoms with van der Waals surface area (Å²) in [5.74, 6) is 0.430. The summed E-state index contributed by atoms with van der Waals surface area (Å²) < 4.78 is 0. The molecule has 1 aromatic heterocycles. The fourth-order valence-electron chi connectivity index (χ4n) is 2.33. The minimum absolute atomic E-state index is 0.0328. The van der Waals surface area contributed by atoms with E-state index in [0.29, 0.717) is 12.5 Å². The number of benzene rings is 1. The molecule has 1 aromatic carbocycles. The Kier molecular flexibility index (Phi) is 5.95. The van der Waals surface area contributed by atoms with E-state index in [-0.39, 0.29) is 12.1 Å². The highest BCUT2D eigenvalue weighted by atomic mass is 16.2. The predicted octanol–water partition coefficient (Wildman–Crippen LogP) is 3.64. The van der Waals surface area contributed by atoms with Crippen LogP contribution >= 0.6 is 0 Å². The monoisotopic (exact) mass is 297 g/mol. The third-order valence-electron chi connectivity index (χ3n) is 3.79. The molecule has 4 nitrogen and oxygen atoms in total. The first-order valence-corrected chi connectivity index (χ1v) is 7.66. The predicted molar refractivity (Wildman–Crippen MR) is 88.7 cm³/mol. The maximum atomic E-state index is 11.9. The van der Waals surface area contributed by atoms with Crippen LogP contribution in [0.15, 0.2) is 54.9 Å². The third kappa shape index (κ3) is 4.88. The standard InChI is InChI=1S/C18H23N3O/c1-14(16-6-4-3-5-7-16)8-13-20-18(22)21-15(2)17-9-11-19-12-10-17/h3-7,9-12,14-15H,8,13H2,1-2H3,(H2,20,21,22)/t14-,15-/m0/s1. The van der Waals surface area contributed by atoms with Gasteiger partial charge in [0, 0.05) is 18.9 Å². The molecule has 0 spiro atoms.